The van der Waals surface area contributed by atoms with Gasteiger partial charge >= 0.3 is 0 Å². The number of halogens is 2. The maximum Gasteiger partial charge on any atom is 0.244 e. The van der Waals surface area contributed by atoms with Crippen LogP contribution in [0.25, 0.3) is 10.2 Å². The van der Waals surface area contributed by atoms with Crippen molar-refractivity contribution < 1.29 is 22.0 Å². The van der Waals surface area contributed by atoms with Crippen molar-refractivity contribution in [2.24, 2.45) is 0 Å². The summed E-state index contributed by atoms with van der Waals surface area (Å²) < 4.78 is 51.9. The van der Waals surface area contributed by atoms with Gasteiger partial charge in [0, 0.05) is 19.3 Å². The van der Waals surface area contributed by atoms with Gasteiger partial charge in [-0.25, -0.2) is 22.2 Å². The Morgan fingerprint density at radius 1 is 1.25 bits per heavy atom. The molecule has 0 saturated carbocycles. The number of likely N-dealkylation sites (N-methyl/N-ethyl adjacent to an activating group) is 1. The number of thiazole rings is 1. The van der Waals surface area contributed by atoms with Crippen molar-refractivity contribution in [2.75, 3.05) is 24.7 Å². The first kappa shape index (κ1) is 20.2. The third-order valence-corrected chi connectivity index (χ3v) is 6.19. The van der Waals surface area contributed by atoms with E-state index in [1.807, 2.05) is 0 Å². The number of benzene rings is 1. The summed E-state index contributed by atoms with van der Waals surface area (Å²) in [5, 5.41) is 0.122. The zero-order valence-electron chi connectivity index (χ0n) is 15.0. The second kappa shape index (κ2) is 7.86. The van der Waals surface area contributed by atoms with Gasteiger partial charge in [-0.2, -0.15) is 4.31 Å². The summed E-state index contributed by atoms with van der Waals surface area (Å²) in [7, 11) is -2.30. The van der Waals surface area contributed by atoms with Crippen LogP contribution in [0, 0.1) is 11.6 Å². The van der Waals surface area contributed by atoms with Crippen molar-refractivity contribution in [3.8, 4) is 0 Å². The SMILES string of the molecule is CN(CC(=O)N(Cc1ccccn1)c1nc2c(F)cc(F)cc2s1)S(C)(=O)=O. The Morgan fingerprint density at radius 3 is 2.64 bits per heavy atom. The van der Waals surface area contributed by atoms with Crippen LogP contribution in [-0.4, -0.2) is 48.4 Å². The molecule has 0 radical (unpaired) electrons. The van der Waals surface area contributed by atoms with Crippen molar-refractivity contribution in [2.45, 2.75) is 6.54 Å². The molecule has 1 aromatic carbocycles. The van der Waals surface area contributed by atoms with E-state index in [-0.39, 0.29) is 21.9 Å². The van der Waals surface area contributed by atoms with Crippen LogP contribution in [0.2, 0.25) is 0 Å². The Morgan fingerprint density at radius 2 is 2.00 bits per heavy atom. The van der Waals surface area contributed by atoms with Crippen LogP contribution in [0.3, 0.4) is 0 Å². The fourth-order valence-corrected chi connectivity index (χ4v) is 3.74. The third-order valence-electron chi connectivity index (χ3n) is 3.90. The Kier molecular flexibility index (Phi) is 5.68. The summed E-state index contributed by atoms with van der Waals surface area (Å²) in [6, 6.07) is 6.98. The largest absolute Gasteiger partial charge is 0.281 e. The quantitative estimate of drug-likeness (QED) is 0.604. The van der Waals surface area contributed by atoms with Gasteiger partial charge in [-0.15, -0.1) is 0 Å². The predicted octanol–water partition coefficient (Wildman–Crippen LogP) is 2.39. The minimum Gasteiger partial charge on any atom is -0.281 e. The van der Waals surface area contributed by atoms with Crippen LogP contribution in [0.5, 0.6) is 0 Å². The standard InChI is InChI=1S/C17H16F2N4O3S2/c1-22(28(2,25)26)10-15(24)23(9-12-5-3-4-6-20-12)17-21-16-13(19)7-11(18)8-14(16)27-17/h3-8H,9-10H2,1-2H3. The van der Waals surface area contributed by atoms with E-state index in [0.717, 1.165) is 28.0 Å². The molecule has 0 N–H and O–H groups in total. The van der Waals surface area contributed by atoms with E-state index in [1.165, 1.54) is 11.9 Å². The summed E-state index contributed by atoms with van der Waals surface area (Å²) in [6.07, 6.45) is 2.53. The summed E-state index contributed by atoms with van der Waals surface area (Å²) in [5.74, 6) is -2.16. The summed E-state index contributed by atoms with van der Waals surface area (Å²) in [6.45, 7) is -0.431. The van der Waals surface area contributed by atoms with E-state index in [1.54, 1.807) is 24.4 Å². The average molecular weight is 426 g/mol. The van der Waals surface area contributed by atoms with Gasteiger partial charge in [0.25, 0.3) is 0 Å². The Bertz CT molecular complexity index is 1120. The van der Waals surface area contributed by atoms with Crippen molar-refractivity contribution in [1.29, 1.82) is 0 Å². The third kappa shape index (κ3) is 4.49. The van der Waals surface area contributed by atoms with E-state index in [0.29, 0.717) is 11.8 Å². The number of nitrogens with zero attached hydrogens (tertiary/aromatic N) is 4. The molecule has 0 bridgehead atoms. The second-order valence-electron chi connectivity index (χ2n) is 6.05. The highest BCUT2D eigenvalue weighted by Gasteiger charge is 2.25. The van der Waals surface area contributed by atoms with Gasteiger partial charge < -0.3 is 0 Å². The number of sulfonamides is 1. The van der Waals surface area contributed by atoms with Crippen molar-refractivity contribution in [3.05, 3.63) is 53.9 Å². The van der Waals surface area contributed by atoms with Gasteiger partial charge in [0.15, 0.2) is 10.9 Å². The maximum atomic E-state index is 14.0. The zero-order chi connectivity index (χ0) is 20.5. The lowest BCUT2D eigenvalue weighted by Gasteiger charge is -2.22. The fourth-order valence-electron chi connectivity index (χ4n) is 2.37. The zero-order valence-corrected chi connectivity index (χ0v) is 16.6. The monoisotopic (exact) mass is 426 g/mol. The predicted molar refractivity (Wildman–Crippen MR) is 102 cm³/mol. The first-order valence-corrected chi connectivity index (χ1v) is 10.7. The number of rotatable bonds is 6. The maximum absolute atomic E-state index is 14.0. The molecule has 2 aromatic heterocycles. The van der Waals surface area contributed by atoms with Crippen molar-refractivity contribution >= 4 is 42.6 Å². The van der Waals surface area contributed by atoms with Gasteiger partial charge in [-0.3, -0.25) is 14.7 Å². The molecule has 7 nitrogen and oxygen atoms in total. The Labute approximate surface area is 164 Å². The van der Waals surface area contributed by atoms with Gasteiger partial charge in [-0.05, 0) is 18.2 Å². The first-order chi connectivity index (χ1) is 13.1. The van der Waals surface area contributed by atoms with Crippen LogP contribution in [0.4, 0.5) is 13.9 Å². The molecular weight excluding hydrogens is 410 g/mol. The number of fused-ring (bicyclic) bond motifs is 1. The van der Waals surface area contributed by atoms with E-state index in [4.69, 9.17) is 0 Å². The van der Waals surface area contributed by atoms with Gasteiger partial charge in [0.1, 0.15) is 11.3 Å². The molecule has 3 rings (SSSR count). The molecule has 0 aliphatic carbocycles. The van der Waals surface area contributed by atoms with Crippen molar-refractivity contribution in [1.82, 2.24) is 14.3 Å². The van der Waals surface area contributed by atoms with Gasteiger partial charge in [-0.1, -0.05) is 17.4 Å². The highest BCUT2D eigenvalue weighted by Crippen LogP contribution is 2.32. The lowest BCUT2D eigenvalue weighted by Crippen LogP contribution is -2.40. The topological polar surface area (TPSA) is 83.5 Å². The van der Waals surface area contributed by atoms with Gasteiger partial charge in [0.2, 0.25) is 15.9 Å². The molecule has 3 aromatic rings. The van der Waals surface area contributed by atoms with E-state index in [9.17, 15) is 22.0 Å². The molecule has 0 fully saturated rings. The van der Waals surface area contributed by atoms with Crippen LogP contribution in [0.15, 0.2) is 36.5 Å². The number of carbonyl (C=O) groups excluding carboxylic acids is 1. The number of carbonyl (C=O) groups is 1. The van der Waals surface area contributed by atoms with Crippen LogP contribution < -0.4 is 4.90 Å². The number of amides is 1. The van der Waals surface area contributed by atoms with Crippen molar-refractivity contribution in [3.63, 3.8) is 0 Å². The van der Waals surface area contributed by atoms with E-state index in [2.05, 4.69) is 9.97 Å². The first-order valence-electron chi connectivity index (χ1n) is 8.02. The molecule has 28 heavy (non-hydrogen) atoms. The Hall–Kier alpha value is -2.50. The number of aromatic nitrogens is 2. The number of hydrogen-bond donors (Lipinski definition) is 0. The van der Waals surface area contributed by atoms with E-state index >= 15 is 0 Å². The molecule has 0 unspecified atom stereocenters. The van der Waals surface area contributed by atoms with Crippen LogP contribution in [0.1, 0.15) is 5.69 Å². The van der Waals surface area contributed by atoms with Crippen LogP contribution in [-0.2, 0) is 21.4 Å². The highest BCUT2D eigenvalue weighted by atomic mass is 32.2. The summed E-state index contributed by atoms with van der Waals surface area (Å²) in [4.78, 5) is 22.3. The smallest absolute Gasteiger partial charge is 0.244 e. The minimum absolute atomic E-state index is 0.00119. The molecule has 0 aliphatic rings. The second-order valence-corrected chi connectivity index (χ2v) is 9.15. The number of anilines is 1. The van der Waals surface area contributed by atoms with Crippen LogP contribution >= 0.6 is 11.3 Å². The molecule has 0 atom stereocenters. The molecule has 1 amide bonds. The van der Waals surface area contributed by atoms with Gasteiger partial charge in [0.05, 0.1) is 29.7 Å². The minimum atomic E-state index is -3.58. The molecule has 2 heterocycles. The molecule has 11 heteroatoms. The molecule has 0 saturated heterocycles. The molecule has 0 spiro atoms. The highest BCUT2D eigenvalue weighted by molar-refractivity contribution is 7.88. The van der Waals surface area contributed by atoms with E-state index < -0.39 is 34.1 Å². The normalized spacial score (nSPS) is 11.9. The average Bonchev–Trinajstić information content (AvgIpc) is 3.03. The lowest BCUT2D eigenvalue weighted by molar-refractivity contribution is -0.118. The fraction of sp³-hybridized carbons (Fsp3) is 0.235. The number of hydrogen-bond acceptors (Lipinski definition) is 6. The lowest BCUT2D eigenvalue weighted by atomic mass is 10.3. The number of pyridine rings is 1. The molecule has 148 valence electrons. The molecular formula is C17H16F2N4O3S2. The summed E-state index contributed by atoms with van der Waals surface area (Å²) >= 11 is 0.934. The molecule has 0 aliphatic heterocycles. The summed E-state index contributed by atoms with van der Waals surface area (Å²) in [5.41, 5.74) is 0.473. The Balaban J connectivity index is 2.00.